The minimum atomic E-state index is -0.398. The summed E-state index contributed by atoms with van der Waals surface area (Å²) in [5, 5.41) is 8.49. The zero-order valence-corrected chi connectivity index (χ0v) is 14.4. The lowest BCUT2D eigenvalue weighted by Gasteiger charge is -2.18. The molecular weight excluding hydrogens is 359 g/mol. The highest BCUT2D eigenvalue weighted by molar-refractivity contribution is 6.30. The first-order valence-corrected chi connectivity index (χ1v) is 8.37. The molecule has 2 aromatic carbocycles. The summed E-state index contributed by atoms with van der Waals surface area (Å²) in [4.78, 5) is 14.3. The Balaban J connectivity index is 1.59. The molecule has 1 aliphatic rings. The lowest BCUT2D eigenvalue weighted by atomic mass is 10.1. The van der Waals surface area contributed by atoms with Crippen LogP contribution in [0.15, 0.2) is 48.7 Å². The maximum absolute atomic E-state index is 14.1. The van der Waals surface area contributed by atoms with E-state index in [4.69, 9.17) is 16.3 Å². The van der Waals surface area contributed by atoms with Crippen LogP contribution < -0.4 is 4.74 Å². The summed E-state index contributed by atoms with van der Waals surface area (Å²) in [6, 6.07) is 11.7. The molecule has 0 radical (unpaired) electrons. The summed E-state index contributed by atoms with van der Waals surface area (Å²) in [5.74, 6) is -0.273. The van der Waals surface area contributed by atoms with Crippen LogP contribution in [0, 0.1) is 5.82 Å². The average molecular weight is 373 g/mol. The highest BCUT2D eigenvalue weighted by Gasteiger charge is 2.25. The van der Waals surface area contributed by atoms with Gasteiger partial charge in [0.2, 0.25) is 0 Å². The molecule has 1 aromatic heterocycles. The lowest BCUT2D eigenvalue weighted by Crippen LogP contribution is -2.32. The zero-order chi connectivity index (χ0) is 18.1. The van der Waals surface area contributed by atoms with Gasteiger partial charge in [0.25, 0.3) is 5.91 Å². The van der Waals surface area contributed by atoms with Crippen molar-refractivity contribution in [2.45, 2.75) is 6.54 Å². The van der Waals surface area contributed by atoms with Gasteiger partial charge < -0.3 is 9.64 Å². The summed E-state index contributed by atoms with van der Waals surface area (Å²) in [6.07, 6.45) is 1.53. The maximum atomic E-state index is 14.1. The van der Waals surface area contributed by atoms with E-state index < -0.39 is 5.82 Å². The van der Waals surface area contributed by atoms with E-state index in [1.54, 1.807) is 36.4 Å². The molecule has 0 saturated heterocycles. The number of ether oxygens (including phenoxy) is 1. The van der Waals surface area contributed by atoms with Crippen molar-refractivity contribution in [3.8, 4) is 11.4 Å². The van der Waals surface area contributed by atoms with Crippen LogP contribution in [0.25, 0.3) is 5.69 Å². The van der Waals surface area contributed by atoms with Crippen molar-refractivity contribution in [1.82, 2.24) is 19.9 Å². The van der Waals surface area contributed by atoms with Crippen LogP contribution >= 0.6 is 11.6 Å². The Morgan fingerprint density at radius 3 is 2.92 bits per heavy atom. The summed E-state index contributed by atoms with van der Waals surface area (Å²) in [6.45, 7) is 0.729. The molecule has 2 heterocycles. The molecule has 4 rings (SSSR count). The van der Waals surface area contributed by atoms with E-state index in [0.29, 0.717) is 28.6 Å². The quantitative estimate of drug-likeness (QED) is 0.693. The third kappa shape index (κ3) is 3.13. The van der Waals surface area contributed by atoms with Gasteiger partial charge in [-0.15, -0.1) is 5.10 Å². The smallest absolute Gasteiger partial charge is 0.276 e. The second-order valence-electron chi connectivity index (χ2n) is 5.82. The highest BCUT2D eigenvalue weighted by Crippen LogP contribution is 2.26. The van der Waals surface area contributed by atoms with Crippen LogP contribution in [0.4, 0.5) is 4.39 Å². The first-order chi connectivity index (χ1) is 12.6. The standard InChI is InChI=1S/C18H14ClFN4O2/c19-12-3-1-4-13(9-12)24-11-16(21-22-24)18(25)23-7-8-26-17-6-2-5-15(20)14(17)10-23/h1-6,9,11H,7-8,10H2. The summed E-state index contributed by atoms with van der Waals surface area (Å²) < 4.78 is 21.1. The Labute approximate surface area is 153 Å². The number of aromatic nitrogens is 3. The highest BCUT2D eigenvalue weighted by atomic mass is 35.5. The van der Waals surface area contributed by atoms with Crippen LogP contribution in [0.1, 0.15) is 16.1 Å². The molecule has 132 valence electrons. The lowest BCUT2D eigenvalue weighted by molar-refractivity contribution is 0.0726. The largest absolute Gasteiger partial charge is 0.491 e. The molecule has 1 amide bonds. The molecule has 6 nitrogen and oxygen atoms in total. The molecule has 8 heteroatoms. The Morgan fingerprint density at radius 1 is 1.23 bits per heavy atom. The van der Waals surface area contributed by atoms with Crippen molar-refractivity contribution in [3.63, 3.8) is 0 Å². The molecule has 3 aromatic rings. The molecule has 1 aliphatic heterocycles. The molecule has 0 aliphatic carbocycles. The van der Waals surface area contributed by atoms with Crippen molar-refractivity contribution in [2.24, 2.45) is 0 Å². The van der Waals surface area contributed by atoms with Crippen LogP contribution in [-0.4, -0.2) is 39.0 Å². The Kier molecular flexibility index (Phi) is 4.30. The number of rotatable bonds is 2. The van der Waals surface area contributed by atoms with Crippen molar-refractivity contribution in [1.29, 1.82) is 0 Å². The first-order valence-electron chi connectivity index (χ1n) is 7.99. The van der Waals surface area contributed by atoms with Gasteiger partial charge in [0.15, 0.2) is 5.69 Å². The van der Waals surface area contributed by atoms with Gasteiger partial charge in [-0.05, 0) is 30.3 Å². The molecular formula is C18H14ClFN4O2. The summed E-state index contributed by atoms with van der Waals surface area (Å²) in [7, 11) is 0. The second kappa shape index (κ2) is 6.76. The number of benzene rings is 2. The van der Waals surface area contributed by atoms with Crippen LogP contribution in [-0.2, 0) is 6.54 Å². The molecule has 0 saturated carbocycles. The van der Waals surface area contributed by atoms with E-state index in [0.717, 1.165) is 0 Å². The number of halogens is 2. The first kappa shape index (κ1) is 16.5. The van der Waals surface area contributed by atoms with Gasteiger partial charge in [0.05, 0.1) is 25.0 Å². The van der Waals surface area contributed by atoms with Gasteiger partial charge in [-0.3, -0.25) is 4.79 Å². The minimum Gasteiger partial charge on any atom is -0.491 e. The van der Waals surface area contributed by atoms with Crippen LogP contribution in [0.5, 0.6) is 5.75 Å². The molecule has 0 atom stereocenters. The van der Waals surface area contributed by atoms with Crippen LogP contribution in [0.3, 0.4) is 0 Å². The fourth-order valence-electron chi connectivity index (χ4n) is 2.81. The van der Waals surface area contributed by atoms with Crippen molar-refractivity contribution >= 4 is 17.5 Å². The predicted molar refractivity (Wildman–Crippen MR) is 93.0 cm³/mol. The molecule has 26 heavy (non-hydrogen) atoms. The maximum Gasteiger partial charge on any atom is 0.276 e. The SMILES string of the molecule is O=C(c1cn(-c2cccc(Cl)c2)nn1)N1CCOc2cccc(F)c2C1. The van der Waals surface area contributed by atoms with E-state index in [9.17, 15) is 9.18 Å². The fourth-order valence-corrected chi connectivity index (χ4v) is 2.99. The minimum absolute atomic E-state index is 0.116. The van der Waals surface area contributed by atoms with E-state index in [-0.39, 0.29) is 24.8 Å². The Morgan fingerprint density at radius 2 is 2.08 bits per heavy atom. The van der Waals surface area contributed by atoms with Crippen molar-refractivity contribution in [2.75, 3.05) is 13.2 Å². The van der Waals surface area contributed by atoms with Gasteiger partial charge >= 0.3 is 0 Å². The number of hydrogen-bond acceptors (Lipinski definition) is 4. The molecule has 0 bridgehead atoms. The normalized spacial score (nSPS) is 13.7. The van der Waals surface area contributed by atoms with E-state index in [1.807, 2.05) is 0 Å². The second-order valence-corrected chi connectivity index (χ2v) is 6.26. The number of hydrogen-bond donors (Lipinski definition) is 0. The van der Waals surface area contributed by atoms with Crippen molar-refractivity contribution in [3.05, 3.63) is 70.8 Å². The number of amides is 1. The van der Waals surface area contributed by atoms with Gasteiger partial charge in [-0.2, -0.15) is 0 Å². The fraction of sp³-hybridized carbons (Fsp3) is 0.167. The third-order valence-corrected chi connectivity index (χ3v) is 4.35. The van der Waals surface area contributed by atoms with Crippen LogP contribution in [0.2, 0.25) is 5.02 Å². The topological polar surface area (TPSA) is 60.2 Å². The summed E-state index contributed by atoms with van der Waals surface area (Å²) in [5.41, 5.74) is 1.23. The Bertz CT molecular complexity index is 975. The average Bonchev–Trinajstić information content (AvgIpc) is 3.02. The third-order valence-electron chi connectivity index (χ3n) is 4.12. The van der Waals surface area contributed by atoms with Gasteiger partial charge in [-0.1, -0.05) is 28.9 Å². The van der Waals surface area contributed by atoms with Gasteiger partial charge in [0.1, 0.15) is 18.2 Å². The predicted octanol–water partition coefficient (Wildman–Crippen LogP) is 3.09. The van der Waals surface area contributed by atoms with Crippen molar-refractivity contribution < 1.29 is 13.9 Å². The summed E-state index contributed by atoms with van der Waals surface area (Å²) >= 11 is 5.98. The molecule has 0 N–H and O–H groups in total. The van der Waals surface area contributed by atoms with Gasteiger partial charge in [0, 0.05) is 10.6 Å². The number of fused-ring (bicyclic) bond motifs is 1. The number of carbonyl (C=O) groups is 1. The number of nitrogens with zero attached hydrogens (tertiary/aromatic N) is 4. The van der Waals surface area contributed by atoms with E-state index in [1.165, 1.54) is 21.8 Å². The Hall–Kier alpha value is -2.93. The van der Waals surface area contributed by atoms with Gasteiger partial charge in [-0.25, -0.2) is 9.07 Å². The molecule has 0 spiro atoms. The zero-order valence-electron chi connectivity index (χ0n) is 13.6. The molecule has 0 fully saturated rings. The number of carbonyl (C=O) groups excluding carboxylic acids is 1. The van der Waals surface area contributed by atoms with E-state index in [2.05, 4.69) is 10.3 Å². The van der Waals surface area contributed by atoms with E-state index >= 15 is 0 Å². The molecule has 0 unspecified atom stereocenters. The monoisotopic (exact) mass is 372 g/mol.